The SMILES string of the molecule is CCOC(=O)c1sc2nc(/C(Cl)=C/c3ccc(OC)c(OC)c3)[nH]c(=O)c2c1C. The molecule has 7 nitrogen and oxygen atoms in total. The predicted octanol–water partition coefficient (Wildman–Crippen LogP) is 4.22. The van der Waals surface area contributed by atoms with E-state index in [1.807, 2.05) is 0 Å². The lowest BCUT2D eigenvalue weighted by molar-refractivity contribution is 0.0531. The number of halogens is 1. The van der Waals surface area contributed by atoms with Gasteiger partial charge in [0.1, 0.15) is 9.71 Å². The Bertz CT molecular complexity index is 1170. The van der Waals surface area contributed by atoms with Crippen LogP contribution >= 0.6 is 22.9 Å². The predicted molar refractivity (Wildman–Crippen MR) is 114 cm³/mol. The average Bonchev–Trinajstić information content (AvgIpc) is 3.05. The molecule has 2 aromatic heterocycles. The van der Waals surface area contributed by atoms with Crippen LogP contribution in [0.4, 0.5) is 0 Å². The lowest BCUT2D eigenvalue weighted by Crippen LogP contribution is -2.11. The van der Waals surface area contributed by atoms with E-state index >= 15 is 0 Å². The molecule has 0 saturated carbocycles. The molecule has 29 heavy (non-hydrogen) atoms. The van der Waals surface area contributed by atoms with Gasteiger partial charge in [-0.05, 0) is 43.2 Å². The number of esters is 1. The number of carbonyl (C=O) groups is 1. The van der Waals surface area contributed by atoms with Crippen LogP contribution in [-0.2, 0) is 4.74 Å². The average molecular weight is 435 g/mol. The summed E-state index contributed by atoms with van der Waals surface area (Å²) in [6.45, 7) is 3.67. The molecule has 152 valence electrons. The molecule has 0 saturated heterocycles. The van der Waals surface area contributed by atoms with Crippen molar-refractivity contribution >= 4 is 50.2 Å². The number of rotatable bonds is 6. The first kappa shape index (κ1) is 20.9. The molecule has 9 heteroatoms. The Labute approximate surface area is 175 Å². The molecule has 3 rings (SSSR count). The molecule has 2 heterocycles. The third-order valence-electron chi connectivity index (χ3n) is 4.19. The molecular weight excluding hydrogens is 416 g/mol. The molecule has 0 spiro atoms. The highest BCUT2D eigenvalue weighted by atomic mass is 35.5. The number of hydrogen-bond donors (Lipinski definition) is 1. The van der Waals surface area contributed by atoms with Gasteiger partial charge in [-0.3, -0.25) is 4.79 Å². The number of aryl methyl sites for hydroxylation is 1. The second-order valence-electron chi connectivity index (χ2n) is 5.98. The fourth-order valence-electron chi connectivity index (χ4n) is 2.81. The minimum atomic E-state index is -0.471. The summed E-state index contributed by atoms with van der Waals surface area (Å²) in [5.74, 6) is 0.876. The zero-order chi connectivity index (χ0) is 21.1. The van der Waals surface area contributed by atoms with Gasteiger partial charge in [-0.25, -0.2) is 9.78 Å². The standard InChI is InChI=1S/C20H19ClN2O5S/c1-5-28-20(25)16-10(2)15-18(24)22-17(23-19(15)29-16)12(21)8-11-6-7-13(26-3)14(9-11)27-4/h6-9H,5H2,1-4H3,(H,22,23,24)/b12-8-. The first-order valence-electron chi connectivity index (χ1n) is 8.69. The molecular formula is C20H19ClN2O5S. The largest absolute Gasteiger partial charge is 0.493 e. The first-order chi connectivity index (χ1) is 13.9. The summed E-state index contributed by atoms with van der Waals surface area (Å²) in [5, 5.41) is 0.595. The number of nitrogens with zero attached hydrogens (tertiary/aromatic N) is 1. The second kappa shape index (κ2) is 8.67. The Morgan fingerprint density at radius 1 is 1.28 bits per heavy atom. The van der Waals surface area contributed by atoms with E-state index in [4.69, 9.17) is 25.8 Å². The topological polar surface area (TPSA) is 90.5 Å². The van der Waals surface area contributed by atoms with E-state index in [0.29, 0.717) is 32.2 Å². The van der Waals surface area contributed by atoms with Crippen LogP contribution in [0.1, 0.15) is 33.5 Å². The summed E-state index contributed by atoms with van der Waals surface area (Å²) >= 11 is 7.52. The van der Waals surface area contributed by atoms with Gasteiger partial charge in [0.05, 0.1) is 31.2 Å². The summed E-state index contributed by atoms with van der Waals surface area (Å²) in [5.41, 5.74) is 0.918. The van der Waals surface area contributed by atoms with Gasteiger partial charge < -0.3 is 19.2 Å². The highest BCUT2D eigenvalue weighted by Gasteiger charge is 2.20. The fourth-order valence-corrected chi connectivity index (χ4v) is 4.10. The number of aromatic nitrogens is 2. The number of thiophene rings is 1. The molecule has 0 aliphatic heterocycles. The summed E-state index contributed by atoms with van der Waals surface area (Å²) in [7, 11) is 3.10. The number of methoxy groups -OCH3 is 2. The third-order valence-corrected chi connectivity index (χ3v) is 5.64. The molecule has 0 aliphatic carbocycles. The van der Waals surface area contributed by atoms with Gasteiger partial charge in [-0.15, -0.1) is 11.3 Å². The molecule has 3 aromatic rings. The van der Waals surface area contributed by atoms with E-state index in [0.717, 1.165) is 16.9 Å². The van der Waals surface area contributed by atoms with Crippen LogP contribution in [0.3, 0.4) is 0 Å². The maximum Gasteiger partial charge on any atom is 0.348 e. The van der Waals surface area contributed by atoms with Crippen molar-refractivity contribution < 1.29 is 19.0 Å². The van der Waals surface area contributed by atoms with Crippen molar-refractivity contribution in [2.75, 3.05) is 20.8 Å². The van der Waals surface area contributed by atoms with Crippen LogP contribution in [0.25, 0.3) is 21.3 Å². The maximum atomic E-state index is 12.6. The van der Waals surface area contributed by atoms with E-state index in [1.165, 1.54) is 0 Å². The number of fused-ring (bicyclic) bond motifs is 1. The third kappa shape index (κ3) is 4.13. The van der Waals surface area contributed by atoms with Crippen molar-refractivity contribution in [3.8, 4) is 11.5 Å². The number of ether oxygens (including phenoxy) is 3. The summed E-state index contributed by atoms with van der Waals surface area (Å²) < 4.78 is 15.6. The molecule has 0 radical (unpaired) electrons. The molecule has 1 aromatic carbocycles. The van der Waals surface area contributed by atoms with Gasteiger partial charge in [0.15, 0.2) is 17.3 Å². The van der Waals surface area contributed by atoms with Gasteiger partial charge in [0.2, 0.25) is 0 Å². The van der Waals surface area contributed by atoms with E-state index in [1.54, 1.807) is 52.3 Å². The minimum absolute atomic E-state index is 0.204. The maximum absolute atomic E-state index is 12.6. The number of benzene rings is 1. The molecule has 0 atom stereocenters. The van der Waals surface area contributed by atoms with E-state index in [9.17, 15) is 9.59 Å². The number of hydrogen-bond acceptors (Lipinski definition) is 7. The first-order valence-corrected chi connectivity index (χ1v) is 9.89. The molecule has 0 bridgehead atoms. The lowest BCUT2D eigenvalue weighted by Gasteiger charge is -2.08. The molecule has 0 amide bonds. The Hall–Kier alpha value is -2.84. The van der Waals surface area contributed by atoms with E-state index < -0.39 is 5.97 Å². The number of H-pyrrole nitrogens is 1. The van der Waals surface area contributed by atoms with Crippen molar-refractivity contribution in [2.45, 2.75) is 13.8 Å². The zero-order valence-corrected chi connectivity index (χ0v) is 17.9. The smallest absolute Gasteiger partial charge is 0.348 e. The van der Waals surface area contributed by atoms with Crippen molar-refractivity contribution in [1.29, 1.82) is 0 Å². The number of aromatic amines is 1. The summed E-state index contributed by atoms with van der Waals surface area (Å²) in [6.07, 6.45) is 1.65. The van der Waals surface area contributed by atoms with Crippen LogP contribution in [0, 0.1) is 6.92 Å². The van der Waals surface area contributed by atoms with Crippen LogP contribution in [0.5, 0.6) is 11.5 Å². The number of nitrogens with one attached hydrogen (secondary N) is 1. The lowest BCUT2D eigenvalue weighted by atomic mass is 10.2. The van der Waals surface area contributed by atoms with Crippen molar-refractivity contribution in [1.82, 2.24) is 9.97 Å². The normalized spacial score (nSPS) is 11.6. The van der Waals surface area contributed by atoms with Crippen LogP contribution in [-0.4, -0.2) is 36.8 Å². The highest BCUT2D eigenvalue weighted by Crippen LogP contribution is 2.31. The Kier molecular flexibility index (Phi) is 6.24. The Morgan fingerprint density at radius 2 is 2.00 bits per heavy atom. The van der Waals surface area contributed by atoms with Gasteiger partial charge in [-0.2, -0.15) is 0 Å². The van der Waals surface area contributed by atoms with E-state index in [-0.39, 0.29) is 23.0 Å². The highest BCUT2D eigenvalue weighted by molar-refractivity contribution is 7.20. The minimum Gasteiger partial charge on any atom is -0.493 e. The van der Waals surface area contributed by atoms with Gasteiger partial charge in [-0.1, -0.05) is 17.7 Å². The van der Waals surface area contributed by atoms with Crippen LogP contribution < -0.4 is 15.0 Å². The van der Waals surface area contributed by atoms with Crippen LogP contribution in [0.15, 0.2) is 23.0 Å². The van der Waals surface area contributed by atoms with Gasteiger partial charge in [0.25, 0.3) is 5.56 Å². The van der Waals surface area contributed by atoms with Crippen LogP contribution in [0.2, 0.25) is 0 Å². The van der Waals surface area contributed by atoms with E-state index in [2.05, 4.69) is 9.97 Å². The fraction of sp³-hybridized carbons (Fsp3) is 0.250. The summed E-state index contributed by atoms with van der Waals surface area (Å²) in [4.78, 5) is 32.6. The summed E-state index contributed by atoms with van der Waals surface area (Å²) in [6, 6.07) is 5.31. The zero-order valence-electron chi connectivity index (χ0n) is 16.3. The molecule has 0 fully saturated rings. The second-order valence-corrected chi connectivity index (χ2v) is 7.38. The van der Waals surface area contributed by atoms with Crippen molar-refractivity contribution in [3.63, 3.8) is 0 Å². The number of carbonyl (C=O) groups excluding carboxylic acids is 1. The molecule has 1 N–H and O–H groups in total. The van der Waals surface area contributed by atoms with Crippen molar-refractivity contribution in [3.05, 3.63) is 50.4 Å². The quantitative estimate of drug-likeness (QED) is 0.584. The molecule has 0 aliphatic rings. The Morgan fingerprint density at radius 3 is 2.66 bits per heavy atom. The molecule has 0 unspecified atom stereocenters. The monoisotopic (exact) mass is 434 g/mol. The van der Waals surface area contributed by atoms with Gasteiger partial charge in [0, 0.05) is 0 Å². The van der Waals surface area contributed by atoms with Gasteiger partial charge >= 0.3 is 5.97 Å². The Balaban J connectivity index is 2.04. The van der Waals surface area contributed by atoms with Crippen molar-refractivity contribution in [2.24, 2.45) is 0 Å².